The SMILES string of the molecule is Nc1cncc(NCc2ccc(Cl)cc2)c1. The first-order valence-electron chi connectivity index (χ1n) is 4.93. The van der Waals surface area contributed by atoms with Gasteiger partial charge < -0.3 is 11.1 Å². The van der Waals surface area contributed by atoms with E-state index in [0.717, 1.165) is 22.8 Å². The molecule has 0 bridgehead atoms. The Bertz CT molecular complexity index is 468. The van der Waals surface area contributed by atoms with Gasteiger partial charge >= 0.3 is 0 Å². The second-order valence-corrected chi connectivity index (χ2v) is 3.92. The van der Waals surface area contributed by atoms with Crippen molar-refractivity contribution in [3.8, 4) is 0 Å². The average Bonchev–Trinajstić information content (AvgIpc) is 2.28. The van der Waals surface area contributed by atoms with Crippen LogP contribution in [0.2, 0.25) is 5.02 Å². The molecule has 2 rings (SSSR count). The lowest BCUT2D eigenvalue weighted by molar-refractivity contribution is 1.14. The van der Waals surface area contributed by atoms with Gasteiger partial charge in [0.05, 0.1) is 17.6 Å². The van der Waals surface area contributed by atoms with Crippen molar-refractivity contribution >= 4 is 23.0 Å². The molecule has 4 heteroatoms. The lowest BCUT2D eigenvalue weighted by Crippen LogP contribution is -2.00. The van der Waals surface area contributed by atoms with E-state index in [-0.39, 0.29) is 0 Å². The summed E-state index contributed by atoms with van der Waals surface area (Å²) < 4.78 is 0. The number of hydrogen-bond donors (Lipinski definition) is 2. The third kappa shape index (κ3) is 2.87. The predicted octanol–water partition coefficient (Wildman–Crippen LogP) is 2.93. The molecule has 0 atom stereocenters. The molecule has 3 nitrogen and oxygen atoms in total. The number of nitrogens with zero attached hydrogens (tertiary/aromatic N) is 1. The van der Waals surface area contributed by atoms with Gasteiger partial charge in [-0.3, -0.25) is 4.98 Å². The predicted molar refractivity (Wildman–Crippen MR) is 67.4 cm³/mol. The second kappa shape index (κ2) is 4.86. The lowest BCUT2D eigenvalue weighted by atomic mass is 10.2. The fourth-order valence-electron chi connectivity index (χ4n) is 1.36. The summed E-state index contributed by atoms with van der Waals surface area (Å²) in [4.78, 5) is 4.00. The van der Waals surface area contributed by atoms with Gasteiger partial charge in [-0.05, 0) is 23.8 Å². The van der Waals surface area contributed by atoms with Crippen LogP contribution in [0.15, 0.2) is 42.7 Å². The molecule has 0 saturated carbocycles. The lowest BCUT2D eigenvalue weighted by Gasteiger charge is -2.06. The fraction of sp³-hybridized carbons (Fsp3) is 0.0833. The number of halogens is 1. The van der Waals surface area contributed by atoms with Gasteiger partial charge in [0.1, 0.15) is 0 Å². The van der Waals surface area contributed by atoms with Gasteiger partial charge in [0.25, 0.3) is 0 Å². The number of benzene rings is 1. The number of rotatable bonds is 3. The maximum Gasteiger partial charge on any atom is 0.0550 e. The minimum atomic E-state index is 0.654. The molecule has 1 heterocycles. The Morgan fingerprint density at radius 2 is 1.94 bits per heavy atom. The highest BCUT2D eigenvalue weighted by molar-refractivity contribution is 6.30. The molecule has 0 aliphatic rings. The molecule has 0 aliphatic carbocycles. The summed E-state index contributed by atoms with van der Waals surface area (Å²) in [5.74, 6) is 0. The van der Waals surface area contributed by atoms with E-state index in [4.69, 9.17) is 17.3 Å². The monoisotopic (exact) mass is 233 g/mol. The molecule has 2 aromatic rings. The topological polar surface area (TPSA) is 50.9 Å². The van der Waals surface area contributed by atoms with E-state index >= 15 is 0 Å². The zero-order valence-electron chi connectivity index (χ0n) is 8.65. The summed E-state index contributed by atoms with van der Waals surface area (Å²) in [6.45, 7) is 0.725. The Morgan fingerprint density at radius 3 is 2.62 bits per heavy atom. The van der Waals surface area contributed by atoms with Crippen molar-refractivity contribution in [3.63, 3.8) is 0 Å². The van der Waals surface area contributed by atoms with E-state index in [0.29, 0.717) is 5.69 Å². The molecule has 1 aromatic carbocycles. The van der Waals surface area contributed by atoms with Crippen LogP contribution >= 0.6 is 11.6 Å². The van der Waals surface area contributed by atoms with Crippen molar-refractivity contribution in [2.24, 2.45) is 0 Å². The van der Waals surface area contributed by atoms with E-state index in [9.17, 15) is 0 Å². The second-order valence-electron chi connectivity index (χ2n) is 3.49. The van der Waals surface area contributed by atoms with E-state index in [1.807, 2.05) is 30.3 Å². The molecule has 0 saturated heterocycles. The highest BCUT2D eigenvalue weighted by Gasteiger charge is 1.95. The third-order valence-electron chi connectivity index (χ3n) is 2.17. The van der Waals surface area contributed by atoms with Crippen molar-refractivity contribution in [1.82, 2.24) is 4.98 Å². The minimum absolute atomic E-state index is 0.654. The van der Waals surface area contributed by atoms with Crippen LogP contribution in [-0.2, 0) is 6.54 Å². The minimum Gasteiger partial charge on any atom is -0.397 e. The highest BCUT2D eigenvalue weighted by atomic mass is 35.5. The highest BCUT2D eigenvalue weighted by Crippen LogP contribution is 2.13. The van der Waals surface area contributed by atoms with Gasteiger partial charge in [-0.15, -0.1) is 0 Å². The number of nitrogen functional groups attached to an aromatic ring is 1. The van der Waals surface area contributed by atoms with E-state index in [1.54, 1.807) is 12.4 Å². The van der Waals surface area contributed by atoms with Crippen molar-refractivity contribution in [3.05, 3.63) is 53.3 Å². The number of nitrogens with one attached hydrogen (secondary N) is 1. The zero-order valence-corrected chi connectivity index (χ0v) is 9.41. The molecule has 0 unspecified atom stereocenters. The van der Waals surface area contributed by atoms with Gasteiger partial charge in [-0.2, -0.15) is 0 Å². The Labute approximate surface area is 99.3 Å². The van der Waals surface area contributed by atoms with Gasteiger partial charge in [0.2, 0.25) is 0 Å². The number of pyridine rings is 1. The molecule has 0 fully saturated rings. The number of nitrogens with two attached hydrogens (primary N) is 1. The molecular weight excluding hydrogens is 222 g/mol. The smallest absolute Gasteiger partial charge is 0.0550 e. The number of aromatic nitrogens is 1. The van der Waals surface area contributed by atoms with Crippen LogP contribution in [0.25, 0.3) is 0 Å². The zero-order chi connectivity index (χ0) is 11.4. The van der Waals surface area contributed by atoms with Crippen molar-refractivity contribution in [1.29, 1.82) is 0 Å². The van der Waals surface area contributed by atoms with Crippen LogP contribution in [0.3, 0.4) is 0 Å². The van der Waals surface area contributed by atoms with Crippen LogP contribution in [-0.4, -0.2) is 4.98 Å². The van der Waals surface area contributed by atoms with Crippen molar-refractivity contribution in [2.45, 2.75) is 6.54 Å². The molecule has 0 amide bonds. The summed E-state index contributed by atoms with van der Waals surface area (Å²) in [5, 5.41) is 3.98. The Kier molecular flexibility index (Phi) is 3.27. The maximum absolute atomic E-state index is 5.80. The maximum atomic E-state index is 5.80. The first-order chi connectivity index (χ1) is 7.74. The number of anilines is 2. The third-order valence-corrected chi connectivity index (χ3v) is 2.42. The average molecular weight is 234 g/mol. The van der Waals surface area contributed by atoms with Crippen molar-refractivity contribution < 1.29 is 0 Å². The molecule has 0 spiro atoms. The summed E-state index contributed by atoms with van der Waals surface area (Å²) in [5.41, 5.74) is 8.35. The fourth-order valence-corrected chi connectivity index (χ4v) is 1.49. The van der Waals surface area contributed by atoms with E-state index < -0.39 is 0 Å². The first-order valence-corrected chi connectivity index (χ1v) is 5.31. The molecule has 82 valence electrons. The van der Waals surface area contributed by atoms with Gasteiger partial charge in [-0.1, -0.05) is 23.7 Å². The molecule has 16 heavy (non-hydrogen) atoms. The molecule has 1 aromatic heterocycles. The molecule has 3 N–H and O–H groups in total. The first kappa shape index (κ1) is 10.8. The number of hydrogen-bond acceptors (Lipinski definition) is 3. The Hall–Kier alpha value is -1.74. The normalized spacial score (nSPS) is 10.1. The van der Waals surface area contributed by atoms with Crippen LogP contribution in [0.1, 0.15) is 5.56 Å². The summed E-state index contributed by atoms with van der Waals surface area (Å²) in [6.07, 6.45) is 3.36. The Balaban J connectivity index is 1.99. The van der Waals surface area contributed by atoms with Crippen LogP contribution in [0.5, 0.6) is 0 Å². The van der Waals surface area contributed by atoms with E-state index in [1.165, 1.54) is 0 Å². The van der Waals surface area contributed by atoms with E-state index in [2.05, 4.69) is 10.3 Å². The quantitative estimate of drug-likeness (QED) is 0.857. The largest absolute Gasteiger partial charge is 0.397 e. The Morgan fingerprint density at radius 1 is 1.19 bits per heavy atom. The summed E-state index contributed by atoms with van der Waals surface area (Å²) >= 11 is 5.80. The molecule has 0 aliphatic heterocycles. The molecule has 0 radical (unpaired) electrons. The van der Waals surface area contributed by atoms with Gasteiger partial charge in [0.15, 0.2) is 0 Å². The standard InChI is InChI=1S/C12H12ClN3/c13-10-3-1-9(2-4-10)6-16-12-5-11(14)7-15-8-12/h1-5,7-8,16H,6,14H2. The van der Waals surface area contributed by atoms with Crippen LogP contribution in [0, 0.1) is 0 Å². The van der Waals surface area contributed by atoms with Crippen LogP contribution in [0.4, 0.5) is 11.4 Å². The molecular formula is C12H12ClN3. The van der Waals surface area contributed by atoms with Crippen LogP contribution < -0.4 is 11.1 Å². The summed E-state index contributed by atoms with van der Waals surface area (Å²) in [6, 6.07) is 9.55. The van der Waals surface area contributed by atoms with Gasteiger partial charge in [-0.25, -0.2) is 0 Å². The summed E-state index contributed by atoms with van der Waals surface area (Å²) in [7, 11) is 0. The van der Waals surface area contributed by atoms with Gasteiger partial charge in [0, 0.05) is 17.8 Å². The van der Waals surface area contributed by atoms with Crippen molar-refractivity contribution in [2.75, 3.05) is 11.1 Å².